The normalized spacial score (nSPS) is 18.3. The summed E-state index contributed by atoms with van der Waals surface area (Å²) < 4.78 is 2.88. The van der Waals surface area contributed by atoms with Crippen molar-refractivity contribution in [1.29, 1.82) is 0 Å². The molecule has 6 heteroatoms. The fraction of sp³-hybridized carbons (Fsp3) is 0.350. The standard InChI is InChI=1S/C20H20N4OS/c1-19(2)10-20(25,11-19)17-7-15-16(26-17)5-4-14(22-15)12-6-13-9-24(3)23-18(13)21-8-12/h4-9,25H,10-11H2,1-3H3. The number of hydrogen-bond acceptors (Lipinski definition) is 5. The van der Waals surface area contributed by atoms with Gasteiger partial charge in [-0.1, -0.05) is 13.8 Å². The first-order valence-electron chi connectivity index (χ1n) is 8.75. The molecule has 0 saturated heterocycles. The zero-order valence-electron chi connectivity index (χ0n) is 15.0. The van der Waals surface area contributed by atoms with Crippen LogP contribution in [0.3, 0.4) is 0 Å². The van der Waals surface area contributed by atoms with Crippen molar-refractivity contribution in [2.45, 2.75) is 32.3 Å². The summed E-state index contributed by atoms with van der Waals surface area (Å²) in [5, 5.41) is 16.2. The Kier molecular flexibility index (Phi) is 3.13. The van der Waals surface area contributed by atoms with Gasteiger partial charge in [-0.25, -0.2) is 9.97 Å². The molecule has 132 valence electrons. The SMILES string of the molecule is Cn1cc2cc(-c3ccc4sc(C5(O)CC(C)(C)C5)cc4n3)cnc2n1. The van der Waals surface area contributed by atoms with Crippen molar-refractivity contribution in [1.82, 2.24) is 19.7 Å². The second-order valence-electron chi connectivity index (χ2n) is 8.18. The van der Waals surface area contributed by atoms with Crippen molar-refractivity contribution >= 4 is 32.6 Å². The Morgan fingerprint density at radius 1 is 1.19 bits per heavy atom. The van der Waals surface area contributed by atoms with Crippen LogP contribution >= 0.6 is 11.3 Å². The Labute approximate surface area is 155 Å². The summed E-state index contributed by atoms with van der Waals surface area (Å²) in [4.78, 5) is 10.3. The van der Waals surface area contributed by atoms with Crippen LogP contribution in [0.2, 0.25) is 0 Å². The van der Waals surface area contributed by atoms with E-state index < -0.39 is 5.60 Å². The molecule has 4 aromatic heterocycles. The lowest BCUT2D eigenvalue weighted by Gasteiger charge is -2.49. The molecular weight excluding hydrogens is 344 g/mol. The largest absolute Gasteiger partial charge is 0.384 e. The average Bonchev–Trinajstić information content (AvgIpc) is 3.13. The van der Waals surface area contributed by atoms with E-state index in [2.05, 4.69) is 42.1 Å². The van der Waals surface area contributed by atoms with Crippen molar-refractivity contribution in [2.24, 2.45) is 12.5 Å². The molecule has 0 aromatic carbocycles. The maximum absolute atomic E-state index is 10.9. The second kappa shape index (κ2) is 5.11. The number of aliphatic hydroxyl groups is 1. The molecule has 0 unspecified atom stereocenters. The molecule has 0 bridgehead atoms. The zero-order valence-corrected chi connectivity index (χ0v) is 15.8. The summed E-state index contributed by atoms with van der Waals surface area (Å²) in [5.74, 6) is 0. The monoisotopic (exact) mass is 364 g/mol. The molecule has 4 aromatic rings. The molecule has 1 N–H and O–H groups in total. The third-order valence-corrected chi connectivity index (χ3v) is 6.43. The molecule has 1 aliphatic carbocycles. The summed E-state index contributed by atoms with van der Waals surface area (Å²) in [6.07, 6.45) is 5.39. The highest BCUT2D eigenvalue weighted by atomic mass is 32.1. The molecule has 0 radical (unpaired) electrons. The number of pyridine rings is 2. The van der Waals surface area contributed by atoms with Crippen LogP contribution in [0.1, 0.15) is 31.6 Å². The predicted molar refractivity (Wildman–Crippen MR) is 104 cm³/mol. The van der Waals surface area contributed by atoms with Gasteiger partial charge in [0.25, 0.3) is 0 Å². The van der Waals surface area contributed by atoms with E-state index in [1.54, 1.807) is 16.0 Å². The molecule has 26 heavy (non-hydrogen) atoms. The third kappa shape index (κ3) is 2.44. The summed E-state index contributed by atoms with van der Waals surface area (Å²) in [6.45, 7) is 4.40. The smallest absolute Gasteiger partial charge is 0.181 e. The van der Waals surface area contributed by atoms with Crippen molar-refractivity contribution in [2.75, 3.05) is 0 Å². The number of hydrogen-bond donors (Lipinski definition) is 1. The highest BCUT2D eigenvalue weighted by molar-refractivity contribution is 7.19. The Morgan fingerprint density at radius 3 is 2.77 bits per heavy atom. The second-order valence-corrected chi connectivity index (χ2v) is 9.26. The lowest BCUT2D eigenvalue weighted by Crippen LogP contribution is -2.45. The molecule has 0 amide bonds. The topological polar surface area (TPSA) is 63.8 Å². The number of aryl methyl sites for hydroxylation is 1. The number of thiophene rings is 1. The minimum atomic E-state index is -0.689. The quantitative estimate of drug-likeness (QED) is 0.577. The van der Waals surface area contributed by atoms with Gasteiger partial charge < -0.3 is 5.11 Å². The molecule has 0 spiro atoms. The Bertz CT molecular complexity index is 1150. The van der Waals surface area contributed by atoms with E-state index in [0.717, 1.165) is 50.2 Å². The number of fused-ring (bicyclic) bond motifs is 2. The maximum Gasteiger partial charge on any atom is 0.181 e. The van der Waals surface area contributed by atoms with Crippen LogP contribution in [0.5, 0.6) is 0 Å². The van der Waals surface area contributed by atoms with E-state index in [1.165, 1.54) is 0 Å². The predicted octanol–water partition coefficient (Wildman–Crippen LogP) is 4.25. The fourth-order valence-corrected chi connectivity index (χ4v) is 5.28. The number of rotatable bonds is 2. The van der Waals surface area contributed by atoms with Gasteiger partial charge in [0, 0.05) is 35.3 Å². The molecular formula is C20H20N4OS. The van der Waals surface area contributed by atoms with E-state index in [9.17, 15) is 5.11 Å². The molecule has 1 fully saturated rings. The first-order chi connectivity index (χ1) is 12.3. The summed E-state index contributed by atoms with van der Waals surface area (Å²) in [6, 6.07) is 8.23. The zero-order chi connectivity index (χ0) is 18.1. The molecule has 4 heterocycles. The third-order valence-electron chi connectivity index (χ3n) is 5.14. The Hall–Kier alpha value is -2.31. The fourth-order valence-electron chi connectivity index (χ4n) is 4.19. The summed E-state index contributed by atoms with van der Waals surface area (Å²) in [7, 11) is 1.89. The van der Waals surface area contributed by atoms with E-state index >= 15 is 0 Å². The average molecular weight is 364 g/mol. The van der Waals surface area contributed by atoms with Gasteiger partial charge in [0.15, 0.2) is 5.65 Å². The highest BCUT2D eigenvalue weighted by Gasteiger charge is 2.49. The minimum absolute atomic E-state index is 0.217. The van der Waals surface area contributed by atoms with Gasteiger partial charge in [0.1, 0.15) is 0 Å². The lowest BCUT2D eigenvalue weighted by molar-refractivity contribution is -0.116. The van der Waals surface area contributed by atoms with Crippen LogP contribution in [-0.2, 0) is 12.6 Å². The molecule has 5 rings (SSSR count). The van der Waals surface area contributed by atoms with E-state index in [-0.39, 0.29) is 5.41 Å². The van der Waals surface area contributed by atoms with E-state index in [4.69, 9.17) is 4.98 Å². The molecule has 1 saturated carbocycles. The van der Waals surface area contributed by atoms with E-state index in [1.807, 2.05) is 25.5 Å². The van der Waals surface area contributed by atoms with Crippen molar-refractivity contribution in [3.05, 3.63) is 41.5 Å². The van der Waals surface area contributed by atoms with Gasteiger partial charge in [-0.2, -0.15) is 5.10 Å². The first kappa shape index (κ1) is 15.9. The first-order valence-corrected chi connectivity index (χ1v) is 9.56. The van der Waals surface area contributed by atoms with Gasteiger partial charge in [-0.05, 0) is 42.5 Å². The molecule has 0 atom stereocenters. The summed E-state index contributed by atoms with van der Waals surface area (Å²) in [5.41, 5.74) is 3.07. The maximum atomic E-state index is 10.9. The van der Waals surface area contributed by atoms with Crippen LogP contribution in [0.4, 0.5) is 0 Å². The van der Waals surface area contributed by atoms with Gasteiger partial charge in [0.2, 0.25) is 0 Å². The number of nitrogens with zero attached hydrogens (tertiary/aromatic N) is 4. The van der Waals surface area contributed by atoms with Gasteiger partial charge in [-0.15, -0.1) is 11.3 Å². The van der Waals surface area contributed by atoms with Gasteiger partial charge in [0.05, 0.1) is 21.5 Å². The Morgan fingerprint density at radius 2 is 2.00 bits per heavy atom. The highest BCUT2D eigenvalue weighted by Crippen LogP contribution is 2.55. The molecule has 1 aliphatic rings. The van der Waals surface area contributed by atoms with Crippen LogP contribution in [-0.4, -0.2) is 24.9 Å². The van der Waals surface area contributed by atoms with Crippen LogP contribution < -0.4 is 0 Å². The molecule has 5 nitrogen and oxygen atoms in total. The minimum Gasteiger partial charge on any atom is -0.384 e. The van der Waals surface area contributed by atoms with Crippen molar-refractivity contribution in [3.63, 3.8) is 0 Å². The van der Waals surface area contributed by atoms with Crippen LogP contribution in [0.15, 0.2) is 36.7 Å². The van der Waals surface area contributed by atoms with Crippen molar-refractivity contribution < 1.29 is 5.11 Å². The number of aromatic nitrogens is 4. The Balaban J connectivity index is 1.55. The van der Waals surface area contributed by atoms with Gasteiger partial charge >= 0.3 is 0 Å². The van der Waals surface area contributed by atoms with Crippen LogP contribution in [0.25, 0.3) is 32.5 Å². The van der Waals surface area contributed by atoms with Crippen LogP contribution in [0, 0.1) is 5.41 Å². The van der Waals surface area contributed by atoms with Gasteiger partial charge in [-0.3, -0.25) is 4.68 Å². The summed E-state index contributed by atoms with van der Waals surface area (Å²) >= 11 is 1.65. The van der Waals surface area contributed by atoms with E-state index in [0.29, 0.717) is 0 Å². The molecule has 0 aliphatic heterocycles. The lowest BCUT2D eigenvalue weighted by atomic mass is 9.61. The van der Waals surface area contributed by atoms with Crippen molar-refractivity contribution in [3.8, 4) is 11.3 Å².